The zero-order valence-corrected chi connectivity index (χ0v) is 20.8. The van der Waals surface area contributed by atoms with Crippen LogP contribution in [-0.4, -0.2) is 42.6 Å². The van der Waals surface area contributed by atoms with E-state index in [-0.39, 0.29) is 28.9 Å². The van der Waals surface area contributed by atoms with E-state index in [9.17, 15) is 9.59 Å². The minimum absolute atomic E-state index is 0.0618. The molecule has 0 saturated carbocycles. The molecule has 0 radical (unpaired) electrons. The maximum Gasteiger partial charge on any atom is 0.240 e. The first-order valence-corrected chi connectivity index (χ1v) is 11.9. The number of benzene rings is 2. The Labute approximate surface area is 198 Å². The van der Waals surface area contributed by atoms with Gasteiger partial charge in [-0.2, -0.15) is 0 Å². The number of carbonyl (C=O) groups excluding carboxylic acids is 2. The summed E-state index contributed by atoms with van der Waals surface area (Å²) in [5, 5.41) is 0.462. The third-order valence-corrected chi connectivity index (χ3v) is 7.14. The van der Waals surface area contributed by atoms with Gasteiger partial charge in [-0.3, -0.25) is 9.59 Å². The molecule has 0 bridgehead atoms. The minimum atomic E-state index is -0.537. The van der Waals surface area contributed by atoms with Gasteiger partial charge >= 0.3 is 0 Å². The Kier molecular flexibility index (Phi) is 7.29. The SMILES string of the molecule is CN(C)C(=O)CC1SC(c2ccccc2Cl)c2cc(Cl)ccc2N(CC(C)(C)C)C1=O. The number of thioether (sulfide) groups is 1. The van der Waals surface area contributed by atoms with E-state index < -0.39 is 5.25 Å². The van der Waals surface area contributed by atoms with Crippen molar-refractivity contribution in [2.45, 2.75) is 37.7 Å². The van der Waals surface area contributed by atoms with Crippen LogP contribution in [0.3, 0.4) is 0 Å². The summed E-state index contributed by atoms with van der Waals surface area (Å²) in [6.45, 7) is 6.82. The van der Waals surface area contributed by atoms with Crippen molar-refractivity contribution in [3.05, 3.63) is 63.6 Å². The van der Waals surface area contributed by atoms with Crippen molar-refractivity contribution in [2.24, 2.45) is 5.41 Å². The van der Waals surface area contributed by atoms with E-state index in [2.05, 4.69) is 20.8 Å². The highest BCUT2D eigenvalue weighted by molar-refractivity contribution is 8.01. The van der Waals surface area contributed by atoms with E-state index in [0.717, 1.165) is 16.8 Å². The number of hydrogen-bond acceptors (Lipinski definition) is 3. The molecule has 2 unspecified atom stereocenters. The van der Waals surface area contributed by atoms with E-state index in [4.69, 9.17) is 23.2 Å². The Morgan fingerprint density at radius 3 is 2.39 bits per heavy atom. The van der Waals surface area contributed by atoms with Gasteiger partial charge in [-0.1, -0.05) is 62.2 Å². The lowest BCUT2D eigenvalue weighted by Gasteiger charge is -2.32. The molecule has 1 heterocycles. The fourth-order valence-electron chi connectivity index (χ4n) is 3.61. The van der Waals surface area contributed by atoms with Crippen LogP contribution in [-0.2, 0) is 9.59 Å². The topological polar surface area (TPSA) is 40.6 Å². The molecular formula is C24H28Cl2N2O2S. The number of amides is 2. The Morgan fingerprint density at radius 2 is 1.77 bits per heavy atom. The Hall–Kier alpha value is -1.69. The quantitative estimate of drug-likeness (QED) is 0.536. The molecule has 0 spiro atoms. The maximum atomic E-state index is 13.8. The minimum Gasteiger partial charge on any atom is -0.349 e. The second-order valence-corrected chi connectivity index (χ2v) is 11.4. The number of rotatable bonds is 4. The van der Waals surface area contributed by atoms with E-state index in [1.807, 2.05) is 47.4 Å². The number of anilines is 1. The molecule has 2 aromatic rings. The number of fused-ring (bicyclic) bond motifs is 1. The fraction of sp³-hybridized carbons (Fsp3) is 0.417. The summed E-state index contributed by atoms with van der Waals surface area (Å²) in [5.74, 6) is -0.142. The highest BCUT2D eigenvalue weighted by atomic mass is 35.5. The molecule has 2 aromatic carbocycles. The van der Waals surface area contributed by atoms with Crippen molar-refractivity contribution in [1.29, 1.82) is 0 Å². The van der Waals surface area contributed by atoms with Crippen LogP contribution in [0.2, 0.25) is 10.0 Å². The van der Waals surface area contributed by atoms with Gasteiger partial charge in [0.05, 0.1) is 10.5 Å². The van der Waals surface area contributed by atoms with E-state index in [1.54, 1.807) is 14.1 Å². The molecule has 0 aromatic heterocycles. The summed E-state index contributed by atoms with van der Waals surface area (Å²) in [4.78, 5) is 29.7. The predicted molar refractivity (Wildman–Crippen MR) is 131 cm³/mol. The van der Waals surface area contributed by atoms with Crippen LogP contribution < -0.4 is 4.90 Å². The largest absolute Gasteiger partial charge is 0.349 e. The highest BCUT2D eigenvalue weighted by Gasteiger charge is 2.39. The van der Waals surface area contributed by atoms with Crippen molar-refractivity contribution in [3.8, 4) is 0 Å². The van der Waals surface area contributed by atoms with Gasteiger partial charge in [0.15, 0.2) is 0 Å². The van der Waals surface area contributed by atoms with Crippen molar-refractivity contribution < 1.29 is 9.59 Å². The van der Waals surface area contributed by atoms with Crippen LogP contribution >= 0.6 is 35.0 Å². The van der Waals surface area contributed by atoms with Gasteiger partial charge in [0, 0.05) is 42.8 Å². The summed E-state index contributed by atoms with van der Waals surface area (Å²) < 4.78 is 0. The fourth-order valence-corrected chi connectivity index (χ4v) is 5.60. The number of halogens is 2. The number of nitrogens with zero attached hydrogens (tertiary/aromatic N) is 2. The standard InChI is InChI=1S/C24H28Cl2N2O2S/c1-24(2,3)14-28-19-11-10-15(25)12-17(19)22(16-8-6-7-9-18(16)26)31-20(23(28)30)13-21(29)27(4)5/h6-12,20,22H,13-14H2,1-5H3. The summed E-state index contributed by atoms with van der Waals surface area (Å²) in [7, 11) is 3.42. The van der Waals surface area contributed by atoms with Gasteiger partial charge in [-0.05, 0) is 40.8 Å². The third kappa shape index (κ3) is 5.57. The van der Waals surface area contributed by atoms with Crippen molar-refractivity contribution in [3.63, 3.8) is 0 Å². The monoisotopic (exact) mass is 478 g/mol. The molecule has 2 amide bonds. The van der Waals surface area contributed by atoms with Crippen molar-refractivity contribution in [2.75, 3.05) is 25.5 Å². The zero-order valence-electron chi connectivity index (χ0n) is 18.5. The van der Waals surface area contributed by atoms with Crippen LogP contribution in [0.25, 0.3) is 0 Å². The van der Waals surface area contributed by atoms with Crippen molar-refractivity contribution >= 4 is 52.5 Å². The van der Waals surface area contributed by atoms with E-state index in [1.165, 1.54) is 16.7 Å². The maximum absolute atomic E-state index is 13.8. The molecule has 1 aliphatic heterocycles. The number of hydrogen-bond donors (Lipinski definition) is 0. The average Bonchev–Trinajstić information content (AvgIpc) is 2.77. The summed E-state index contributed by atoms with van der Waals surface area (Å²) in [6, 6.07) is 13.3. The molecule has 2 atom stereocenters. The molecule has 4 nitrogen and oxygen atoms in total. The predicted octanol–water partition coefficient (Wildman–Crippen LogP) is 6.06. The van der Waals surface area contributed by atoms with Gasteiger partial charge in [0.2, 0.25) is 11.8 Å². The molecule has 31 heavy (non-hydrogen) atoms. The molecule has 1 aliphatic rings. The van der Waals surface area contributed by atoms with E-state index >= 15 is 0 Å². The lowest BCUT2D eigenvalue weighted by Crippen LogP contribution is -2.43. The normalized spacial score (nSPS) is 19.1. The number of carbonyl (C=O) groups is 2. The Bertz CT molecular complexity index is 988. The average molecular weight is 479 g/mol. The van der Waals surface area contributed by atoms with Crippen LogP contribution in [0, 0.1) is 5.41 Å². The van der Waals surface area contributed by atoms with Crippen LogP contribution in [0.1, 0.15) is 43.6 Å². The van der Waals surface area contributed by atoms with Gasteiger partial charge in [-0.25, -0.2) is 0 Å². The first kappa shape index (κ1) is 24.0. The summed E-state index contributed by atoms with van der Waals surface area (Å²) >= 11 is 14.4. The molecule has 7 heteroatoms. The molecule has 3 rings (SSSR count). The van der Waals surface area contributed by atoms with Gasteiger partial charge in [0.25, 0.3) is 0 Å². The first-order chi connectivity index (χ1) is 14.5. The smallest absolute Gasteiger partial charge is 0.240 e. The zero-order chi connectivity index (χ0) is 22.9. The summed E-state index contributed by atoms with van der Waals surface area (Å²) in [6.07, 6.45) is 0.125. The third-order valence-electron chi connectivity index (χ3n) is 5.08. The Morgan fingerprint density at radius 1 is 1.10 bits per heavy atom. The van der Waals surface area contributed by atoms with Gasteiger partial charge in [-0.15, -0.1) is 11.8 Å². The van der Waals surface area contributed by atoms with Crippen molar-refractivity contribution in [1.82, 2.24) is 4.90 Å². The molecule has 0 fully saturated rings. The van der Waals surface area contributed by atoms with Crippen LogP contribution in [0.5, 0.6) is 0 Å². The lowest BCUT2D eigenvalue weighted by atomic mass is 9.94. The van der Waals surface area contributed by atoms with Crippen LogP contribution in [0.4, 0.5) is 5.69 Å². The molecular weight excluding hydrogens is 451 g/mol. The highest BCUT2D eigenvalue weighted by Crippen LogP contribution is 2.49. The van der Waals surface area contributed by atoms with Crippen LogP contribution in [0.15, 0.2) is 42.5 Å². The molecule has 0 aliphatic carbocycles. The second kappa shape index (κ2) is 9.43. The Balaban J connectivity index is 2.19. The lowest BCUT2D eigenvalue weighted by molar-refractivity contribution is -0.130. The molecule has 0 N–H and O–H groups in total. The second-order valence-electron chi connectivity index (χ2n) is 9.21. The first-order valence-electron chi connectivity index (χ1n) is 10.2. The van der Waals surface area contributed by atoms with E-state index in [0.29, 0.717) is 16.6 Å². The molecule has 166 valence electrons. The van der Waals surface area contributed by atoms with Gasteiger partial charge < -0.3 is 9.80 Å². The molecule has 0 saturated heterocycles. The summed E-state index contributed by atoms with van der Waals surface area (Å²) in [5.41, 5.74) is 2.53. The van der Waals surface area contributed by atoms with Gasteiger partial charge in [0.1, 0.15) is 0 Å².